The molecule has 162 valence electrons. The largest absolute Gasteiger partial charge is 0.489 e. The van der Waals surface area contributed by atoms with E-state index in [9.17, 15) is 9.59 Å². The van der Waals surface area contributed by atoms with Gasteiger partial charge in [-0.2, -0.15) is 0 Å². The summed E-state index contributed by atoms with van der Waals surface area (Å²) in [6.45, 7) is 0.753. The van der Waals surface area contributed by atoms with Gasteiger partial charge in [-0.1, -0.05) is 84.9 Å². The summed E-state index contributed by atoms with van der Waals surface area (Å²) in [5.41, 5.74) is 2.90. The van der Waals surface area contributed by atoms with E-state index >= 15 is 0 Å². The van der Waals surface area contributed by atoms with Crippen LogP contribution in [-0.4, -0.2) is 16.0 Å². The summed E-state index contributed by atoms with van der Waals surface area (Å²) in [7, 11) is 0. The van der Waals surface area contributed by atoms with Crippen molar-refractivity contribution in [2.24, 2.45) is 0 Å². The van der Waals surface area contributed by atoms with Crippen LogP contribution in [-0.2, 0) is 17.9 Å². The van der Waals surface area contributed by atoms with E-state index in [-0.39, 0.29) is 17.7 Å². The van der Waals surface area contributed by atoms with Gasteiger partial charge in [-0.05, 0) is 57.4 Å². The van der Waals surface area contributed by atoms with Crippen LogP contribution in [0.25, 0.3) is 16.8 Å². The molecule has 0 atom stereocenters. The third-order valence-corrected chi connectivity index (χ3v) is 6.42. The van der Waals surface area contributed by atoms with Crippen molar-refractivity contribution in [3.8, 4) is 5.75 Å². The summed E-state index contributed by atoms with van der Waals surface area (Å²) in [6, 6.07) is 31.4. The highest BCUT2D eigenvalue weighted by molar-refractivity contribution is 8.18. The van der Waals surface area contributed by atoms with Gasteiger partial charge in [0.15, 0.2) is 0 Å². The molecule has 0 bridgehead atoms. The Kier molecular flexibility index (Phi) is 5.96. The number of carbonyl (C=O) groups excluding carboxylic acids is 2. The number of nitrogens with zero attached hydrogens (tertiary/aromatic N) is 1. The Morgan fingerprint density at radius 3 is 2.33 bits per heavy atom. The molecule has 2 amide bonds. The first-order valence-corrected chi connectivity index (χ1v) is 11.5. The van der Waals surface area contributed by atoms with Crippen LogP contribution in [0.3, 0.4) is 0 Å². The van der Waals surface area contributed by atoms with Crippen LogP contribution in [0.1, 0.15) is 16.7 Å². The Labute approximate surface area is 196 Å². The SMILES string of the molecule is O=C1S/C(=C\c2ccc(OCc3ccccc3)cc2)C(=O)N1Cc1cccc2ccccc12. The molecule has 4 aromatic carbocycles. The molecule has 1 fully saturated rings. The minimum absolute atomic E-state index is 0.248. The molecule has 0 saturated carbocycles. The molecule has 4 nitrogen and oxygen atoms in total. The Morgan fingerprint density at radius 2 is 1.52 bits per heavy atom. The normalized spacial score (nSPS) is 14.9. The van der Waals surface area contributed by atoms with E-state index in [0.29, 0.717) is 11.5 Å². The van der Waals surface area contributed by atoms with Crippen molar-refractivity contribution in [1.29, 1.82) is 0 Å². The lowest BCUT2D eigenvalue weighted by molar-refractivity contribution is -0.123. The first-order chi connectivity index (χ1) is 16.2. The topological polar surface area (TPSA) is 46.6 Å². The van der Waals surface area contributed by atoms with E-state index in [1.807, 2.05) is 97.1 Å². The van der Waals surface area contributed by atoms with Gasteiger partial charge >= 0.3 is 0 Å². The molecule has 5 heteroatoms. The number of hydrogen-bond donors (Lipinski definition) is 0. The molecule has 1 aliphatic heterocycles. The van der Waals surface area contributed by atoms with E-state index < -0.39 is 0 Å². The van der Waals surface area contributed by atoms with Crippen molar-refractivity contribution in [2.75, 3.05) is 0 Å². The van der Waals surface area contributed by atoms with E-state index in [0.717, 1.165) is 45.0 Å². The van der Waals surface area contributed by atoms with Crippen LogP contribution >= 0.6 is 11.8 Å². The van der Waals surface area contributed by atoms with Gasteiger partial charge in [0, 0.05) is 0 Å². The Hall–Kier alpha value is -3.83. The lowest BCUT2D eigenvalue weighted by Crippen LogP contribution is -2.27. The number of rotatable bonds is 6. The molecular weight excluding hydrogens is 430 g/mol. The van der Waals surface area contributed by atoms with Gasteiger partial charge < -0.3 is 4.74 Å². The predicted octanol–water partition coefficient (Wildman–Crippen LogP) is 6.66. The van der Waals surface area contributed by atoms with Crippen molar-refractivity contribution in [3.05, 3.63) is 119 Å². The number of imide groups is 1. The van der Waals surface area contributed by atoms with Crippen molar-refractivity contribution in [3.63, 3.8) is 0 Å². The van der Waals surface area contributed by atoms with Crippen LogP contribution < -0.4 is 4.74 Å². The van der Waals surface area contributed by atoms with Gasteiger partial charge in [0.1, 0.15) is 12.4 Å². The first-order valence-electron chi connectivity index (χ1n) is 10.7. The van der Waals surface area contributed by atoms with Crippen molar-refractivity contribution in [1.82, 2.24) is 4.90 Å². The molecule has 0 unspecified atom stereocenters. The van der Waals surface area contributed by atoms with E-state index in [1.165, 1.54) is 4.90 Å². The third-order valence-electron chi connectivity index (χ3n) is 5.51. The number of benzene rings is 4. The Balaban J connectivity index is 1.28. The van der Waals surface area contributed by atoms with Gasteiger partial charge in [-0.15, -0.1) is 0 Å². The number of fused-ring (bicyclic) bond motifs is 1. The average Bonchev–Trinajstić information content (AvgIpc) is 3.12. The molecule has 0 radical (unpaired) electrons. The minimum atomic E-state index is -0.262. The maximum atomic E-state index is 13.0. The van der Waals surface area contributed by atoms with Crippen molar-refractivity contribution >= 4 is 39.8 Å². The molecule has 0 aliphatic carbocycles. The summed E-state index contributed by atoms with van der Waals surface area (Å²) in [6.07, 6.45) is 1.76. The van der Waals surface area contributed by atoms with Crippen LogP contribution in [0.2, 0.25) is 0 Å². The molecule has 4 aromatic rings. The quantitative estimate of drug-likeness (QED) is 0.308. The fourth-order valence-electron chi connectivity index (χ4n) is 3.79. The molecular formula is C28H21NO3S. The number of hydrogen-bond acceptors (Lipinski definition) is 4. The summed E-state index contributed by atoms with van der Waals surface area (Å²) in [4.78, 5) is 27.3. The lowest BCUT2D eigenvalue weighted by Gasteiger charge is -2.14. The minimum Gasteiger partial charge on any atom is -0.489 e. The van der Waals surface area contributed by atoms with Crippen LogP contribution in [0, 0.1) is 0 Å². The van der Waals surface area contributed by atoms with E-state index in [4.69, 9.17) is 4.74 Å². The highest BCUT2D eigenvalue weighted by Crippen LogP contribution is 2.34. The fraction of sp³-hybridized carbons (Fsp3) is 0.0714. The highest BCUT2D eigenvalue weighted by Gasteiger charge is 2.35. The van der Waals surface area contributed by atoms with Gasteiger partial charge in [0.05, 0.1) is 11.4 Å². The van der Waals surface area contributed by atoms with E-state index in [2.05, 4.69) is 0 Å². The molecule has 33 heavy (non-hydrogen) atoms. The van der Waals surface area contributed by atoms with Crippen LogP contribution in [0.4, 0.5) is 4.79 Å². The standard InChI is InChI=1S/C28H21NO3S/c30-27-26(17-20-13-15-24(16-14-20)32-19-21-7-2-1-3-8-21)33-28(31)29(27)18-23-11-6-10-22-9-4-5-12-25(22)23/h1-17H,18-19H2/b26-17-. The van der Waals surface area contributed by atoms with Crippen LogP contribution in [0.15, 0.2) is 102 Å². The zero-order valence-corrected chi connectivity index (χ0v) is 18.6. The second-order valence-electron chi connectivity index (χ2n) is 7.75. The average molecular weight is 452 g/mol. The first kappa shape index (κ1) is 21.0. The maximum Gasteiger partial charge on any atom is 0.293 e. The predicted molar refractivity (Wildman–Crippen MR) is 133 cm³/mol. The molecule has 1 saturated heterocycles. The van der Waals surface area contributed by atoms with E-state index in [1.54, 1.807) is 6.08 Å². The number of carbonyl (C=O) groups is 2. The number of ether oxygens (including phenoxy) is 1. The summed E-state index contributed by atoms with van der Waals surface area (Å²) in [5.74, 6) is 0.488. The highest BCUT2D eigenvalue weighted by atomic mass is 32.2. The van der Waals surface area contributed by atoms with Gasteiger partial charge in [-0.25, -0.2) is 0 Å². The van der Waals surface area contributed by atoms with Crippen molar-refractivity contribution < 1.29 is 14.3 Å². The molecule has 0 aromatic heterocycles. The smallest absolute Gasteiger partial charge is 0.293 e. The zero-order valence-electron chi connectivity index (χ0n) is 17.8. The second kappa shape index (κ2) is 9.35. The summed E-state index contributed by atoms with van der Waals surface area (Å²) >= 11 is 0.980. The fourth-order valence-corrected chi connectivity index (χ4v) is 4.63. The number of thioether (sulfide) groups is 1. The Bertz CT molecular complexity index is 1340. The monoisotopic (exact) mass is 451 g/mol. The summed E-state index contributed by atoms with van der Waals surface area (Å²) < 4.78 is 5.82. The van der Waals surface area contributed by atoms with Gasteiger partial charge in [0.25, 0.3) is 11.1 Å². The van der Waals surface area contributed by atoms with Crippen molar-refractivity contribution in [2.45, 2.75) is 13.2 Å². The molecule has 1 heterocycles. The van der Waals surface area contributed by atoms with Gasteiger partial charge in [0.2, 0.25) is 0 Å². The number of amides is 2. The Morgan fingerprint density at radius 1 is 0.788 bits per heavy atom. The second-order valence-corrected chi connectivity index (χ2v) is 8.74. The zero-order chi connectivity index (χ0) is 22.6. The lowest BCUT2D eigenvalue weighted by atomic mass is 10.0. The molecule has 0 N–H and O–H groups in total. The molecule has 0 spiro atoms. The van der Waals surface area contributed by atoms with Crippen LogP contribution in [0.5, 0.6) is 5.75 Å². The summed E-state index contributed by atoms with van der Waals surface area (Å²) in [5, 5.41) is 1.89. The third kappa shape index (κ3) is 4.69. The van der Waals surface area contributed by atoms with Gasteiger partial charge in [-0.3, -0.25) is 14.5 Å². The molecule has 1 aliphatic rings. The molecule has 5 rings (SSSR count). The maximum absolute atomic E-state index is 13.0.